The molecule has 0 spiro atoms. The van der Waals surface area contributed by atoms with E-state index in [1.165, 1.54) is 25.3 Å². The molecule has 1 aromatic rings. The van der Waals surface area contributed by atoms with Gasteiger partial charge in [-0.3, -0.25) is 10.1 Å². The van der Waals surface area contributed by atoms with Crippen LogP contribution < -0.4 is 5.32 Å². The molecular weight excluding hydrogens is 220 g/mol. The molecule has 0 bridgehead atoms. The molecule has 1 atom stereocenters. The number of nitrogens with zero attached hydrogens (tertiary/aromatic N) is 1. The first-order valence-corrected chi connectivity index (χ1v) is 6.15. The zero-order chi connectivity index (χ0) is 12.3. The molecule has 5 heteroatoms. The molecule has 0 aliphatic heterocycles. The average molecular weight is 238 g/mol. The normalized spacial score (nSPS) is 17.0. The highest BCUT2D eigenvalue weighted by Crippen LogP contribution is 2.34. The van der Waals surface area contributed by atoms with Crippen molar-refractivity contribution in [3.05, 3.63) is 28.0 Å². The first kappa shape index (κ1) is 12.1. The van der Waals surface area contributed by atoms with Crippen molar-refractivity contribution >= 4 is 5.88 Å². The van der Waals surface area contributed by atoms with Gasteiger partial charge in [-0.15, -0.1) is 0 Å². The average Bonchev–Trinajstić information content (AvgIpc) is 2.99. The summed E-state index contributed by atoms with van der Waals surface area (Å²) in [5, 5.41) is 13.8. The molecule has 1 saturated carbocycles. The maximum Gasteiger partial charge on any atom is 0.433 e. The topological polar surface area (TPSA) is 68.3 Å². The highest BCUT2D eigenvalue weighted by Gasteiger charge is 2.24. The highest BCUT2D eigenvalue weighted by molar-refractivity contribution is 5.17. The fourth-order valence-corrected chi connectivity index (χ4v) is 1.95. The maximum atomic E-state index is 10.5. The van der Waals surface area contributed by atoms with Crippen LogP contribution in [0.3, 0.4) is 0 Å². The molecular formula is C12H18N2O3. The molecule has 2 rings (SSSR count). The fraction of sp³-hybridized carbons (Fsp3) is 0.667. The Morgan fingerprint density at radius 2 is 2.35 bits per heavy atom. The Kier molecular flexibility index (Phi) is 3.78. The molecule has 0 amide bonds. The van der Waals surface area contributed by atoms with E-state index in [-0.39, 0.29) is 5.88 Å². The van der Waals surface area contributed by atoms with Crippen molar-refractivity contribution in [1.29, 1.82) is 0 Å². The van der Waals surface area contributed by atoms with Crippen molar-refractivity contribution in [3.63, 3.8) is 0 Å². The van der Waals surface area contributed by atoms with Gasteiger partial charge < -0.3 is 9.73 Å². The van der Waals surface area contributed by atoms with Crippen molar-refractivity contribution < 1.29 is 9.34 Å². The van der Waals surface area contributed by atoms with Crippen LogP contribution in [0.25, 0.3) is 0 Å². The second-order valence-corrected chi connectivity index (χ2v) is 4.66. The van der Waals surface area contributed by atoms with Crippen molar-refractivity contribution in [2.75, 3.05) is 0 Å². The van der Waals surface area contributed by atoms with Gasteiger partial charge in [-0.2, -0.15) is 0 Å². The van der Waals surface area contributed by atoms with Crippen LogP contribution in [-0.4, -0.2) is 11.0 Å². The van der Waals surface area contributed by atoms with Crippen molar-refractivity contribution in [2.24, 2.45) is 5.92 Å². The first-order valence-electron chi connectivity index (χ1n) is 6.15. The molecule has 1 heterocycles. The summed E-state index contributed by atoms with van der Waals surface area (Å²) in [6, 6.07) is 3.56. The molecule has 1 aromatic heterocycles. The van der Waals surface area contributed by atoms with Gasteiger partial charge in [0.1, 0.15) is 10.7 Å². The molecule has 1 aliphatic carbocycles. The molecule has 0 radical (unpaired) electrons. The first-order chi connectivity index (χ1) is 8.19. The molecule has 1 N–H and O–H groups in total. The van der Waals surface area contributed by atoms with Crippen LogP contribution in [0.4, 0.5) is 5.88 Å². The Morgan fingerprint density at radius 3 is 2.88 bits per heavy atom. The van der Waals surface area contributed by atoms with Crippen molar-refractivity contribution in [2.45, 2.75) is 45.2 Å². The van der Waals surface area contributed by atoms with Crippen molar-refractivity contribution in [3.8, 4) is 0 Å². The molecule has 0 aromatic carbocycles. The standard InChI is InChI=1S/C12H18N2O3/c1-2-10(7-9-3-4-9)13-8-11-5-6-12(17-11)14(15)16/h5-6,9-10,13H,2-4,7-8H2,1H3. The van der Waals surface area contributed by atoms with E-state index >= 15 is 0 Å². The summed E-state index contributed by atoms with van der Waals surface area (Å²) in [6.07, 6.45) is 4.99. The minimum absolute atomic E-state index is 0.183. The van der Waals surface area contributed by atoms with Crippen LogP contribution in [0.5, 0.6) is 0 Å². The highest BCUT2D eigenvalue weighted by atomic mass is 16.6. The molecule has 1 fully saturated rings. The zero-order valence-corrected chi connectivity index (χ0v) is 10.0. The largest absolute Gasteiger partial charge is 0.433 e. The zero-order valence-electron chi connectivity index (χ0n) is 10.0. The minimum Gasteiger partial charge on any atom is -0.404 e. The van der Waals surface area contributed by atoms with Gasteiger partial charge in [0.2, 0.25) is 0 Å². The predicted molar refractivity (Wildman–Crippen MR) is 63.6 cm³/mol. The third-order valence-electron chi connectivity index (χ3n) is 3.20. The number of furan rings is 1. The van der Waals surface area contributed by atoms with Gasteiger partial charge in [0, 0.05) is 6.04 Å². The van der Waals surface area contributed by atoms with E-state index in [2.05, 4.69) is 12.2 Å². The smallest absolute Gasteiger partial charge is 0.404 e. The summed E-state index contributed by atoms with van der Waals surface area (Å²) < 4.78 is 5.10. The summed E-state index contributed by atoms with van der Waals surface area (Å²) in [5.74, 6) is 1.33. The third-order valence-corrected chi connectivity index (χ3v) is 3.20. The van der Waals surface area contributed by atoms with E-state index in [4.69, 9.17) is 4.42 Å². The van der Waals surface area contributed by atoms with Crippen LogP contribution >= 0.6 is 0 Å². The van der Waals surface area contributed by atoms with Gasteiger partial charge in [-0.05, 0) is 24.8 Å². The lowest BCUT2D eigenvalue weighted by molar-refractivity contribution is -0.402. The van der Waals surface area contributed by atoms with Gasteiger partial charge in [0.05, 0.1) is 12.6 Å². The van der Waals surface area contributed by atoms with Gasteiger partial charge in [-0.25, -0.2) is 0 Å². The molecule has 94 valence electrons. The summed E-state index contributed by atoms with van der Waals surface area (Å²) >= 11 is 0. The Morgan fingerprint density at radius 1 is 1.59 bits per heavy atom. The van der Waals surface area contributed by atoms with Gasteiger partial charge in [0.25, 0.3) is 0 Å². The van der Waals surface area contributed by atoms with E-state index in [9.17, 15) is 10.1 Å². The summed E-state index contributed by atoms with van der Waals surface area (Å²) in [5.41, 5.74) is 0. The number of hydrogen-bond acceptors (Lipinski definition) is 4. The molecule has 1 unspecified atom stereocenters. The van der Waals surface area contributed by atoms with Crippen LogP contribution in [0.1, 0.15) is 38.4 Å². The van der Waals surface area contributed by atoms with Crippen LogP contribution in [-0.2, 0) is 6.54 Å². The molecule has 5 nitrogen and oxygen atoms in total. The SMILES string of the molecule is CCC(CC1CC1)NCc1ccc([N+](=O)[O-])o1. The van der Waals surface area contributed by atoms with E-state index in [1.54, 1.807) is 6.07 Å². The number of nitro groups is 1. The maximum absolute atomic E-state index is 10.5. The Balaban J connectivity index is 1.80. The Labute approximate surface area is 100 Å². The second kappa shape index (κ2) is 5.31. The molecule has 17 heavy (non-hydrogen) atoms. The Bertz CT molecular complexity index is 385. The predicted octanol–water partition coefficient (Wildman–Crippen LogP) is 2.86. The van der Waals surface area contributed by atoms with Crippen molar-refractivity contribution in [1.82, 2.24) is 5.32 Å². The minimum atomic E-state index is -0.509. The van der Waals surface area contributed by atoms with Crippen LogP contribution in [0.2, 0.25) is 0 Å². The third kappa shape index (κ3) is 3.56. The van der Waals surface area contributed by atoms with Gasteiger partial charge in [-0.1, -0.05) is 19.8 Å². The molecule has 0 saturated heterocycles. The molecule has 1 aliphatic rings. The van der Waals surface area contributed by atoms with Crippen LogP contribution in [0.15, 0.2) is 16.5 Å². The lowest BCUT2D eigenvalue weighted by Gasteiger charge is -2.15. The monoisotopic (exact) mass is 238 g/mol. The summed E-state index contributed by atoms with van der Waals surface area (Å²) in [7, 11) is 0. The number of rotatable bonds is 7. The second-order valence-electron chi connectivity index (χ2n) is 4.66. The summed E-state index contributed by atoms with van der Waals surface area (Å²) in [4.78, 5) is 9.94. The van der Waals surface area contributed by atoms with E-state index in [1.807, 2.05) is 0 Å². The summed E-state index contributed by atoms with van der Waals surface area (Å²) in [6.45, 7) is 2.73. The van der Waals surface area contributed by atoms with Gasteiger partial charge >= 0.3 is 5.88 Å². The number of hydrogen-bond donors (Lipinski definition) is 1. The van der Waals surface area contributed by atoms with Crippen LogP contribution in [0, 0.1) is 16.0 Å². The van der Waals surface area contributed by atoms with E-state index < -0.39 is 4.92 Å². The number of nitrogens with one attached hydrogen (secondary N) is 1. The lowest BCUT2D eigenvalue weighted by Crippen LogP contribution is -2.28. The van der Waals surface area contributed by atoms with E-state index in [0.717, 1.165) is 12.3 Å². The van der Waals surface area contributed by atoms with E-state index in [0.29, 0.717) is 18.3 Å². The lowest BCUT2D eigenvalue weighted by atomic mass is 10.1. The fourth-order valence-electron chi connectivity index (χ4n) is 1.95. The van der Waals surface area contributed by atoms with Gasteiger partial charge in [0.15, 0.2) is 0 Å². The Hall–Kier alpha value is -1.36. The quantitative estimate of drug-likeness (QED) is 0.585.